The molecule has 3 aromatic rings. The molecule has 1 N–H and O–H groups in total. The van der Waals surface area contributed by atoms with Crippen LogP contribution in [0.5, 0.6) is 0 Å². The van der Waals surface area contributed by atoms with E-state index in [9.17, 15) is 9.18 Å². The minimum Gasteiger partial charge on any atom is -0.353 e. The van der Waals surface area contributed by atoms with E-state index in [0.717, 1.165) is 73.6 Å². The second-order valence-corrected chi connectivity index (χ2v) is 8.92. The number of fused-ring (bicyclic) bond motifs is 2. The first kappa shape index (κ1) is 19.5. The smallest absolute Gasteiger partial charge is 0.224 e. The van der Waals surface area contributed by atoms with Crippen molar-refractivity contribution in [1.29, 1.82) is 0 Å². The maximum absolute atomic E-state index is 13.7. The third-order valence-corrected chi connectivity index (χ3v) is 6.91. The summed E-state index contributed by atoms with van der Waals surface area (Å²) in [6, 6.07) is 11.4. The molecule has 0 unspecified atom stereocenters. The fourth-order valence-corrected chi connectivity index (χ4v) is 5.16. The number of rotatable bonds is 4. The zero-order chi connectivity index (χ0) is 20.5. The Hall–Kier alpha value is -2.51. The highest BCUT2D eigenvalue weighted by Gasteiger charge is 2.21. The number of aromatic nitrogens is 1. The number of halogens is 1. The van der Waals surface area contributed by atoms with Crippen molar-refractivity contribution < 1.29 is 9.18 Å². The van der Waals surface area contributed by atoms with Gasteiger partial charge in [-0.15, -0.1) is 0 Å². The lowest BCUT2D eigenvalue weighted by Crippen LogP contribution is -2.47. The minimum atomic E-state index is -0.206. The van der Waals surface area contributed by atoms with Gasteiger partial charge in [0.25, 0.3) is 0 Å². The van der Waals surface area contributed by atoms with Gasteiger partial charge >= 0.3 is 0 Å². The van der Waals surface area contributed by atoms with Gasteiger partial charge in [0.05, 0.1) is 4.70 Å². The lowest BCUT2D eigenvalue weighted by atomic mass is 10.0. The fourth-order valence-electron chi connectivity index (χ4n) is 4.38. The van der Waals surface area contributed by atoms with Crippen LogP contribution in [0.2, 0.25) is 0 Å². The van der Waals surface area contributed by atoms with E-state index in [1.807, 2.05) is 6.07 Å². The standard InChI is InChI=1S/C23H25FN4OS/c24-18-5-7-21-19(15-18)23(26-30-21)28-12-10-27(11-13-28)9-8-16-4-6-20-17(14-16)2-1-3-22(29)25-20/h4-7,14-15H,1-3,8-13H2,(H,25,29). The van der Waals surface area contributed by atoms with Crippen LogP contribution in [0.4, 0.5) is 15.9 Å². The Morgan fingerprint density at radius 1 is 1.07 bits per heavy atom. The third kappa shape index (κ3) is 4.04. The van der Waals surface area contributed by atoms with Crippen molar-refractivity contribution >= 4 is 39.0 Å². The molecule has 156 valence electrons. The van der Waals surface area contributed by atoms with Crippen LogP contribution < -0.4 is 10.2 Å². The summed E-state index contributed by atoms with van der Waals surface area (Å²) in [5.74, 6) is 0.833. The van der Waals surface area contributed by atoms with Crippen LogP contribution in [-0.2, 0) is 17.6 Å². The van der Waals surface area contributed by atoms with E-state index in [0.29, 0.717) is 6.42 Å². The summed E-state index contributed by atoms with van der Waals surface area (Å²) < 4.78 is 19.3. The summed E-state index contributed by atoms with van der Waals surface area (Å²) in [5.41, 5.74) is 3.56. The number of piperazine rings is 1. The van der Waals surface area contributed by atoms with Crippen molar-refractivity contribution in [2.24, 2.45) is 0 Å². The molecular formula is C23H25FN4OS. The van der Waals surface area contributed by atoms with E-state index in [4.69, 9.17) is 0 Å². The second-order valence-electron chi connectivity index (χ2n) is 8.12. The lowest BCUT2D eigenvalue weighted by Gasteiger charge is -2.35. The molecule has 2 aliphatic heterocycles. The number of hydrogen-bond donors (Lipinski definition) is 1. The van der Waals surface area contributed by atoms with Gasteiger partial charge in [0, 0.05) is 50.2 Å². The zero-order valence-electron chi connectivity index (χ0n) is 16.9. The number of benzene rings is 2. The van der Waals surface area contributed by atoms with Crippen LogP contribution in [0.3, 0.4) is 0 Å². The van der Waals surface area contributed by atoms with Gasteiger partial charge in [-0.05, 0) is 66.2 Å². The highest BCUT2D eigenvalue weighted by Crippen LogP contribution is 2.31. The monoisotopic (exact) mass is 424 g/mol. The van der Waals surface area contributed by atoms with Crippen LogP contribution in [0.15, 0.2) is 36.4 Å². The predicted molar refractivity (Wildman–Crippen MR) is 120 cm³/mol. The van der Waals surface area contributed by atoms with Gasteiger partial charge in [0.1, 0.15) is 11.6 Å². The van der Waals surface area contributed by atoms with Gasteiger partial charge in [-0.3, -0.25) is 9.69 Å². The number of anilines is 2. The first-order valence-electron chi connectivity index (χ1n) is 10.6. The van der Waals surface area contributed by atoms with E-state index in [-0.39, 0.29) is 11.7 Å². The third-order valence-electron chi connectivity index (χ3n) is 6.10. The normalized spacial score (nSPS) is 17.6. The lowest BCUT2D eigenvalue weighted by molar-refractivity contribution is -0.116. The van der Waals surface area contributed by atoms with Crippen molar-refractivity contribution in [1.82, 2.24) is 9.27 Å². The quantitative estimate of drug-likeness (QED) is 0.686. The van der Waals surface area contributed by atoms with Gasteiger partial charge in [0.2, 0.25) is 5.91 Å². The molecule has 1 amide bonds. The van der Waals surface area contributed by atoms with E-state index in [1.54, 1.807) is 6.07 Å². The molecule has 0 bridgehead atoms. The maximum atomic E-state index is 13.7. The molecule has 2 aliphatic rings. The molecule has 0 radical (unpaired) electrons. The Bertz CT molecular complexity index is 1070. The number of nitrogens with zero attached hydrogens (tertiary/aromatic N) is 3. The molecule has 30 heavy (non-hydrogen) atoms. The number of aryl methyl sites for hydroxylation is 1. The number of nitrogens with one attached hydrogen (secondary N) is 1. The highest BCUT2D eigenvalue weighted by molar-refractivity contribution is 7.13. The molecule has 2 aromatic carbocycles. The molecule has 0 aliphatic carbocycles. The van der Waals surface area contributed by atoms with Crippen molar-refractivity contribution in [2.45, 2.75) is 25.7 Å². The fraction of sp³-hybridized carbons (Fsp3) is 0.391. The summed E-state index contributed by atoms with van der Waals surface area (Å²) >= 11 is 1.44. The van der Waals surface area contributed by atoms with Crippen molar-refractivity contribution in [3.63, 3.8) is 0 Å². The molecule has 0 spiro atoms. The Morgan fingerprint density at radius 3 is 2.80 bits per heavy atom. The van der Waals surface area contributed by atoms with Gasteiger partial charge in [0.15, 0.2) is 0 Å². The van der Waals surface area contributed by atoms with Gasteiger partial charge in [-0.25, -0.2) is 4.39 Å². The number of amides is 1. The maximum Gasteiger partial charge on any atom is 0.224 e. The van der Waals surface area contributed by atoms with Crippen molar-refractivity contribution in [3.05, 3.63) is 53.3 Å². The summed E-state index contributed by atoms with van der Waals surface area (Å²) in [4.78, 5) is 16.5. The average Bonchev–Trinajstić information content (AvgIpc) is 3.07. The Balaban J connectivity index is 1.18. The molecule has 0 saturated carbocycles. The summed E-state index contributed by atoms with van der Waals surface area (Å²) in [6.07, 6.45) is 3.49. The molecule has 0 atom stereocenters. The first-order valence-corrected chi connectivity index (χ1v) is 11.4. The zero-order valence-corrected chi connectivity index (χ0v) is 17.7. The molecule has 5 rings (SSSR count). The molecule has 7 heteroatoms. The number of carbonyl (C=O) groups excluding carboxylic acids is 1. The van der Waals surface area contributed by atoms with Crippen LogP contribution in [-0.4, -0.2) is 47.9 Å². The van der Waals surface area contributed by atoms with E-state index in [1.165, 1.54) is 28.7 Å². The van der Waals surface area contributed by atoms with Gasteiger partial charge in [-0.2, -0.15) is 4.37 Å². The van der Waals surface area contributed by atoms with E-state index in [2.05, 4.69) is 37.7 Å². The van der Waals surface area contributed by atoms with Crippen LogP contribution in [0.1, 0.15) is 24.0 Å². The average molecular weight is 425 g/mol. The Morgan fingerprint density at radius 2 is 1.93 bits per heavy atom. The molecule has 1 fully saturated rings. The Labute approximate surface area is 179 Å². The molecular weight excluding hydrogens is 399 g/mol. The van der Waals surface area contributed by atoms with E-state index >= 15 is 0 Å². The van der Waals surface area contributed by atoms with E-state index < -0.39 is 0 Å². The first-order chi connectivity index (χ1) is 14.7. The van der Waals surface area contributed by atoms with Crippen molar-refractivity contribution in [2.75, 3.05) is 42.9 Å². The summed E-state index contributed by atoms with van der Waals surface area (Å²) in [5, 5.41) is 3.93. The predicted octanol–water partition coefficient (Wildman–Crippen LogP) is 4.07. The second kappa shape index (κ2) is 8.32. The summed E-state index contributed by atoms with van der Waals surface area (Å²) in [7, 11) is 0. The molecule has 3 heterocycles. The number of hydrogen-bond acceptors (Lipinski definition) is 5. The molecule has 1 aromatic heterocycles. The van der Waals surface area contributed by atoms with Crippen molar-refractivity contribution in [3.8, 4) is 0 Å². The molecule has 5 nitrogen and oxygen atoms in total. The number of carbonyl (C=O) groups is 1. The topological polar surface area (TPSA) is 48.5 Å². The Kier molecular flexibility index (Phi) is 5.39. The van der Waals surface area contributed by atoms with Crippen LogP contribution in [0.25, 0.3) is 10.1 Å². The minimum absolute atomic E-state index is 0.120. The van der Waals surface area contributed by atoms with Gasteiger partial charge < -0.3 is 10.2 Å². The van der Waals surface area contributed by atoms with Crippen LogP contribution >= 0.6 is 11.5 Å². The SMILES string of the molecule is O=C1CCCc2cc(CCN3CCN(c4nsc5ccc(F)cc45)CC3)ccc2N1. The van der Waals surface area contributed by atoms with Crippen LogP contribution in [0, 0.1) is 5.82 Å². The molecule has 1 saturated heterocycles. The van der Waals surface area contributed by atoms with Gasteiger partial charge in [-0.1, -0.05) is 12.1 Å². The summed E-state index contributed by atoms with van der Waals surface area (Å²) in [6.45, 7) is 4.80. The highest BCUT2D eigenvalue weighted by atomic mass is 32.1. The largest absolute Gasteiger partial charge is 0.353 e.